The molecule has 1 atom stereocenters. The molecule has 0 radical (unpaired) electrons. The predicted octanol–water partition coefficient (Wildman–Crippen LogP) is 3.42. The molecule has 4 bridgehead atoms. The van der Waals surface area contributed by atoms with Crippen molar-refractivity contribution in [3.05, 3.63) is 29.8 Å². The van der Waals surface area contributed by atoms with Gasteiger partial charge in [0.05, 0.1) is 10.5 Å². The van der Waals surface area contributed by atoms with Crippen molar-refractivity contribution in [2.75, 3.05) is 6.26 Å². The van der Waals surface area contributed by atoms with Gasteiger partial charge in [0.15, 0.2) is 21.7 Å². The molecule has 4 aliphatic rings. The van der Waals surface area contributed by atoms with Gasteiger partial charge in [-0.2, -0.15) is 0 Å². The van der Waals surface area contributed by atoms with Crippen LogP contribution in [-0.2, 0) is 19.4 Å². The van der Waals surface area contributed by atoms with Crippen molar-refractivity contribution in [1.29, 1.82) is 0 Å². The van der Waals surface area contributed by atoms with Crippen LogP contribution in [-0.4, -0.2) is 32.5 Å². The molecule has 4 aliphatic carbocycles. The van der Waals surface area contributed by atoms with Crippen LogP contribution >= 0.6 is 0 Å². The lowest BCUT2D eigenvalue weighted by Crippen LogP contribution is -2.52. The van der Waals surface area contributed by atoms with Crippen molar-refractivity contribution in [2.45, 2.75) is 56.4 Å². The first-order valence-electron chi connectivity index (χ1n) is 9.72. The smallest absolute Gasteiger partial charge is 0.340 e. The van der Waals surface area contributed by atoms with Crippen molar-refractivity contribution in [2.24, 2.45) is 23.2 Å². The van der Waals surface area contributed by atoms with Gasteiger partial charge in [0.2, 0.25) is 0 Å². The van der Waals surface area contributed by atoms with Gasteiger partial charge in [0.1, 0.15) is 0 Å². The molecule has 0 N–H and O–H groups in total. The van der Waals surface area contributed by atoms with E-state index in [0.29, 0.717) is 17.8 Å². The van der Waals surface area contributed by atoms with Crippen LogP contribution in [0.1, 0.15) is 55.8 Å². The monoisotopic (exact) mass is 390 g/mol. The number of carbonyl (C=O) groups is 2. The maximum Gasteiger partial charge on any atom is 0.340 e. The van der Waals surface area contributed by atoms with Gasteiger partial charge in [-0.05, 0) is 75.3 Å². The highest BCUT2D eigenvalue weighted by molar-refractivity contribution is 7.90. The van der Waals surface area contributed by atoms with E-state index in [-0.39, 0.29) is 21.7 Å². The fourth-order valence-electron chi connectivity index (χ4n) is 6.08. The third-order valence-corrected chi connectivity index (χ3v) is 7.88. The summed E-state index contributed by atoms with van der Waals surface area (Å²) >= 11 is 0. The Bertz CT molecular complexity index is 850. The first-order valence-corrected chi connectivity index (χ1v) is 11.6. The minimum absolute atomic E-state index is 0.00911. The lowest BCUT2D eigenvalue weighted by atomic mass is 9.48. The van der Waals surface area contributed by atoms with Crippen LogP contribution in [0.2, 0.25) is 0 Å². The summed E-state index contributed by atoms with van der Waals surface area (Å²) in [5, 5.41) is 0. The SMILES string of the molecule is CC(OC(=O)c1ccccc1S(C)(=O)=O)C(=O)C12CC3CC(CC(C3)C1)C2. The molecule has 1 aromatic carbocycles. The van der Waals surface area contributed by atoms with Crippen LogP contribution in [0.4, 0.5) is 0 Å². The molecule has 0 heterocycles. The van der Waals surface area contributed by atoms with Crippen LogP contribution in [0, 0.1) is 23.2 Å². The molecule has 0 spiro atoms. The zero-order valence-electron chi connectivity index (χ0n) is 15.8. The number of rotatable bonds is 5. The third kappa shape index (κ3) is 3.33. The molecule has 0 saturated heterocycles. The van der Waals surface area contributed by atoms with Crippen molar-refractivity contribution in [3.8, 4) is 0 Å². The molecule has 146 valence electrons. The number of hydrogen-bond acceptors (Lipinski definition) is 5. The summed E-state index contributed by atoms with van der Waals surface area (Å²) in [5.41, 5.74) is -0.352. The van der Waals surface area contributed by atoms with E-state index in [1.165, 1.54) is 31.4 Å². The van der Waals surface area contributed by atoms with Crippen LogP contribution in [0.3, 0.4) is 0 Å². The Balaban J connectivity index is 1.52. The van der Waals surface area contributed by atoms with Gasteiger partial charge in [-0.25, -0.2) is 13.2 Å². The molecular weight excluding hydrogens is 364 g/mol. The molecule has 5 rings (SSSR count). The normalized spacial score (nSPS) is 32.9. The van der Waals surface area contributed by atoms with Gasteiger partial charge in [-0.15, -0.1) is 0 Å². The summed E-state index contributed by atoms with van der Waals surface area (Å²) < 4.78 is 29.3. The standard InChI is InChI=1S/C21H26O5S/c1-13(26-20(23)17-5-3-4-6-18(17)27(2,24)25)19(22)21-10-14-7-15(11-21)9-16(8-14)12-21/h3-6,13-16H,7-12H2,1-2H3. The van der Waals surface area contributed by atoms with Crippen LogP contribution < -0.4 is 0 Å². The highest BCUT2D eigenvalue weighted by Crippen LogP contribution is 2.60. The Labute approximate surface area is 160 Å². The predicted molar refractivity (Wildman–Crippen MR) is 100 cm³/mol. The van der Waals surface area contributed by atoms with E-state index in [1.54, 1.807) is 19.1 Å². The summed E-state index contributed by atoms with van der Waals surface area (Å²) in [6, 6.07) is 5.98. The van der Waals surface area contributed by atoms with Crippen molar-refractivity contribution in [3.63, 3.8) is 0 Å². The number of hydrogen-bond donors (Lipinski definition) is 0. The largest absolute Gasteiger partial charge is 0.451 e. The van der Waals surface area contributed by atoms with Crippen LogP contribution in [0.25, 0.3) is 0 Å². The molecule has 1 aromatic rings. The molecule has 6 heteroatoms. The topological polar surface area (TPSA) is 77.5 Å². The van der Waals surface area contributed by atoms with E-state index >= 15 is 0 Å². The lowest BCUT2D eigenvalue weighted by Gasteiger charge is -2.56. The highest BCUT2D eigenvalue weighted by atomic mass is 32.2. The minimum Gasteiger partial charge on any atom is -0.451 e. The zero-order valence-corrected chi connectivity index (χ0v) is 16.6. The van der Waals surface area contributed by atoms with Crippen molar-refractivity contribution in [1.82, 2.24) is 0 Å². The van der Waals surface area contributed by atoms with E-state index in [2.05, 4.69) is 0 Å². The average molecular weight is 391 g/mol. The maximum absolute atomic E-state index is 13.2. The number of Topliss-reactive ketones (excluding diaryl/α,β-unsaturated/α-hetero) is 1. The Hall–Kier alpha value is -1.69. The van der Waals surface area contributed by atoms with Gasteiger partial charge < -0.3 is 4.74 Å². The van der Waals surface area contributed by atoms with Gasteiger partial charge >= 0.3 is 5.97 Å². The van der Waals surface area contributed by atoms with Crippen LogP contribution in [0.15, 0.2) is 29.2 Å². The Kier molecular flexibility index (Phi) is 4.45. The van der Waals surface area contributed by atoms with E-state index < -0.39 is 21.9 Å². The second-order valence-corrected chi connectivity index (χ2v) is 10.9. The van der Waals surface area contributed by atoms with Crippen molar-refractivity contribution < 1.29 is 22.7 Å². The summed E-state index contributed by atoms with van der Waals surface area (Å²) in [6.07, 6.45) is 6.66. The zero-order chi connectivity index (χ0) is 19.4. The summed E-state index contributed by atoms with van der Waals surface area (Å²) in [5.74, 6) is 1.17. The molecular formula is C21H26O5S. The number of sulfone groups is 1. The fraction of sp³-hybridized carbons (Fsp3) is 0.619. The van der Waals surface area contributed by atoms with Gasteiger partial charge in [0.25, 0.3) is 0 Å². The van der Waals surface area contributed by atoms with E-state index in [4.69, 9.17) is 4.74 Å². The van der Waals surface area contributed by atoms with Gasteiger partial charge in [-0.3, -0.25) is 4.79 Å². The van der Waals surface area contributed by atoms with Crippen LogP contribution in [0.5, 0.6) is 0 Å². The molecule has 0 aromatic heterocycles. The third-order valence-electron chi connectivity index (χ3n) is 6.72. The first kappa shape index (κ1) is 18.7. The molecule has 1 unspecified atom stereocenters. The second-order valence-electron chi connectivity index (χ2n) is 8.88. The summed E-state index contributed by atoms with van der Waals surface area (Å²) in [6.45, 7) is 1.63. The minimum atomic E-state index is -3.56. The quantitative estimate of drug-likeness (QED) is 0.720. The number of esters is 1. The molecule has 4 saturated carbocycles. The highest BCUT2D eigenvalue weighted by Gasteiger charge is 2.55. The maximum atomic E-state index is 13.2. The van der Waals surface area contributed by atoms with E-state index in [1.807, 2.05) is 0 Å². The fourth-order valence-corrected chi connectivity index (χ4v) is 6.96. The number of carbonyl (C=O) groups excluding carboxylic acids is 2. The first-order chi connectivity index (χ1) is 12.7. The summed E-state index contributed by atoms with van der Waals surface area (Å²) in [4.78, 5) is 25.8. The van der Waals surface area contributed by atoms with E-state index in [9.17, 15) is 18.0 Å². The molecule has 4 fully saturated rings. The molecule has 0 aliphatic heterocycles. The van der Waals surface area contributed by atoms with Gasteiger partial charge in [0, 0.05) is 11.7 Å². The Morgan fingerprint density at radius 1 is 1.04 bits per heavy atom. The summed E-state index contributed by atoms with van der Waals surface area (Å²) in [7, 11) is -3.56. The van der Waals surface area contributed by atoms with Crippen molar-refractivity contribution >= 4 is 21.6 Å². The second kappa shape index (κ2) is 6.43. The number of benzene rings is 1. The lowest BCUT2D eigenvalue weighted by molar-refractivity contribution is -0.152. The Morgan fingerprint density at radius 3 is 2.07 bits per heavy atom. The molecule has 27 heavy (non-hydrogen) atoms. The molecule has 5 nitrogen and oxygen atoms in total. The Morgan fingerprint density at radius 2 is 1.56 bits per heavy atom. The molecule has 0 amide bonds. The number of ketones is 1. The number of ether oxygens (including phenoxy) is 1. The van der Waals surface area contributed by atoms with Gasteiger partial charge in [-0.1, -0.05) is 12.1 Å². The van der Waals surface area contributed by atoms with E-state index in [0.717, 1.165) is 25.5 Å². The average Bonchev–Trinajstić information content (AvgIpc) is 2.59.